The van der Waals surface area contributed by atoms with Gasteiger partial charge in [-0.25, -0.2) is 0 Å². The van der Waals surface area contributed by atoms with E-state index in [-0.39, 0.29) is 12.2 Å². The Balaban J connectivity index is 2.44. The first-order chi connectivity index (χ1) is 6.27. The molecule has 1 atom stereocenters. The third-order valence-electron chi connectivity index (χ3n) is 2.18. The number of rotatable bonds is 3. The largest absolute Gasteiger partial charge is 0.441 e. The molecular weight excluding hydrogens is 170 g/mol. The molecule has 1 aliphatic rings. The van der Waals surface area contributed by atoms with Crippen molar-refractivity contribution in [2.24, 2.45) is 0 Å². The molecule has 0 radical (unpaired) electrons. The van der Waals surface area contributed by atoms with E-state index in [0.29, 0.717) is 13.0 Å². The van der Waals surface area contributed by atoms with Crippen LogP contribution in [0.2, 0.25) is 0 Å². The van der Waals surface area contributed by atoms with Crippen molar-refractivity contribution in [1.82, 2.24) is 4.90 Å². The van der Waals surface area contributed by atoms with Crippen molar-refractivity contribution in [2.75, 3.05) is 6.54 Å². The molecule has 0 spiro atoms. The Morgan fingerprint density at radius 2 is 2.38 bits per heavy atom. The van der Waals surface area contributed by atoms with Gasteiger partial charge in [0.05, 0.1) is 0 Å². The summed E-state index contributed by atoms with van der Waals surface area (Å²) in [6.07, 6.45) is 3.59. The minimum Gasteiger partial charge on any atom is -0.441 e. The number of carbonyl (C=O) groups is 2. The van der Waals surface area contributed by atoms with Gasteiger partial charge in [-0.15, -0.1) is 0 Å². The number of ether oxygens (including phenoxy) is 1. The average molecular weight is 185 g/mol. The fourth-order valence-corrected chi connectivity index (χ4v) is 1.41. The van der Waals surface area contributed by atoms with Crippen LogP contribution in [0.3, 0.4) is 0 Å². The van der Waals surface area contributed by atoms with E-state index in [9.17, 15) is 9.59 Å². The minimum absolute atomic E-state index is 0.237. The molecule has 0 saturated carbocycles. The molecule has 4 nitrogen and oxygen atoms in total. The molecule has 0 bridgehead atoms. The topological polar surface area (TPSA) is 46.6 Å². The smallest absolute Gasteiger partial charge is 0.307 e. The summed E-state index contributed by atoms with van der Waals surface area (Å²) in [5.74, 6) is -0.237. The maximum Gasteiger partial charge on any atom is 0.307 e. The van der Waals surface area contributed by atoms with Crippen LogP contribution in [0.4, 0.5) is 0 Å². The summed E-state index contributed by atoms with van der Waals surface area (Å²) in [4.78, 5) is 23.1. The lowest BCUT2D eigenvalue weighted by molar-refractivity contribution is -0.164. The molecule has 0 aromatic heterocycles. The monoisotopic (exact) mass is 185 g/mol. The van der Waals surface area contributed by atoms with Gasteiger partial charge in [-0.2, -0.15) is 0 Å². The van der Waals surface area contributed by atoms with Crippen LogP contribution in [0, 0.1) is 0 Å². The van der Waals surface area contributed by atoms with Gasteiger partial charge in [-0.05, 0) is 12.8 Å². The van der Waals surface area contributed by atoms with Crippen molar-refractivity contribution >= 4 is 12.4 Å². The molecule has 1 aliphatic heterocycles. The fourth-order valence-electron chi connectivity index (χ4n) is 1.41. The van der Waals surface area contributed by atoms with Gasteiger partial charge >= 0.3 is 5.97 Å². The minimum atomic E-state index is -0.321. The average Bonchev–Trinajstić information content (AvgIpc) is 2.18. The highest BCUT2D eigenvalue weighted by Crippen LogP contribution is 2.16. The quantitative estimate of drug-likeness (QED) is 0.485. The molecule has 1 amide bonds. The lowest BCUT2D eigenvalue weighted by Crippen LogP contribution is -2.41. The Morgan fingerprint density at radius 3 is 3.00 bits per heavy atom. The van der Waals surface area contributed by atoms with Crippen LogP contribution in [0.1, 0.15) is 32.6 Å². The Labute approximate surface area is 77.8 Å². The second-order valence-corrected chi connectivity index (χ2v) is 3.14. The molecule has 1 heterocycles. The summed E-state index contributed by atoms with van der Waals surface area (Å²) >= 11 is 0. The number of nitrogens with zero attached hydrogens (tertiary/aromatic N) is 1. The van der Waals surface area contributed by atoms with E-state index in [1.807, 2.05) is 0 Å². The van der Waals surface area contributed by atoms with Gasteiger partial charge in [0.2, 0.25) is 6.41 Å². The van der Waals surface area contributed by atoms with Crippen molar-refractivity contribution < 1.29 is 14.3 Å². The van der Waals surface area contributed by atoms with E-state index < -0.39 is 0 Å². The van der Waals surface area contributed by atoms with E-state index in [0.717, 1.165) is 25.7 Å². The molecule has 13 heavy (non-hydrogen) atoms. The molecule has 4 heteroatoms. The lowest BCUT2D eigenvalue weighted by atomic mass is 10.1. The summed E-state index contributed by atoms with van der Waals surface area (Å²) < 4.78 is 5.10. The van der Waals surface area contributed by atoms with Crippen LogP contribution in [0.5, 0.6) is 0 Å². The molecule has 1 saturated heterocycles. The second kappa shape index (κ2) is 4.84. The summed E-state index contributed by atoms with van der Waals surface area (Å²) in [5.41, 5.74) is 0. The number of carbonyl (C=O) groups excluding carboxylic acids is 2. The van der Waals surface area contributed by atoms with Crippen LogP contribution in [-0.2, 0) is 14.3 Å². The van der Waals surface area contributed by atoms with Crippen LogP contribution in [0.15, 0.2) is 0 Å². The zero-order chi connectivity index (χ0) is 9.68. The molecular formula is C9H15NO3. The number of hydrogen-bond donors (Lipinski definition) is 0. The maximum atomic E-state index is 11.0. The number of likely N-dealkylation sites (tertiary alicyclic amines) is 1. The molecule has 0 aliphatic carbocycles. The lowest BCUT2D eigenvalue weighted by Gasteiger charge is -2.31. The van der Waals surface area contributed by atoms with Crippen LogP contribution < -0.4 is 0 Å². The van der Waals surface area contributed by atoms with Gasteiger partial charge in [0, 0.05) is 19.4 Å². The van der Waals surface area contributed by atoms with E-state index in [1.165, 1.54) is 0 Å². The maximum absolute atomic E-state index is 11.0. The number of piperidine rings is 1. The zero-order valence-electron chi connectivity index (χ0n) is 7.86. The highest BCUT2D eigenvalue weighted by molar-refractivity contribution is 5.69. The molecule has 74 valence electrons. The highest BCUT2D eigenvalue weighted by atomic mass is 16.6. The zero-order valence-corrected chi connectivity index (χ0v) is 7.86. The Morgan fingerprint density at radius 1 is 1.62 bits per heavy atom. The Bertz CT molecular complexity index is 193. The number of esters is 1. The normalized spacial score (nSPS) is 22.5. The molecule has 0 N–H and O–H groups in total. The van der Waals surface area contributed by atoms with Gasteiger partial charge in [-0.3, -0.25) is 9.59 Å². The number of amides is 1. The predicted molar refractivity (Wildman–Crippen MR) is 46.8 cm³/mol. The van der Waals surface area contributed by atoms with Gasteiger partial charge in [0.15, 0.2) is 6.23 Å². The molecule has 0 aromatic carbocycles. The summed E-state index contributed by atoms with van der Waals surface area (Å²) in [7, 11) is 0. The summed E-state index contributed by atoms with van der Waals surface area (Å²) in [5, 5.41) is 0. The molecule has 1 rings (SSSR count). The molecule has 1 fully saturated rings. The van der Waals surface area contributed by atoms with Crippen LogP contribution >= 0.6 is 0 Å². The first-order valence-corrected chi connectivity index (χ1v) is 4.68. The van der Waals surface area contributed by atoms with Crippen molar-refractivity contribution in [3.63, 3.8) is 0 Å². The van der Waals surface area contributed by atoms with E-state index in [2.05, 4.69) is 0 Å². The Kier molecular flexibility index (Phi) is 3.73. The van der Waals surface area contributed by atoms with Gasteiger partial charge < -0.3 is 9.64 Å². The van der Waals surface area contributed by atoms with Crippen molar-refractivity contribution in [1.29, 1.82) is 0 Å². The van der Waals surface area contributed by atoms with E-state index >= 15 is 0 Å². The van der Waals surface area contributed by atoms with Gasteiger partial charge in [0.25, 0.3) is 0 Å². The van der Waals surface area contributed by atoms with Crippen LogP contribution in [-0.4, -0.2) is 30.1 Å². The third-order valence-corrected chi connectivity index (χ3v) is 2.18. The SMILES string of the molecule is CCC(=O)OC1CCCCN1C=O. The molecule has 1 unspecified atom stereocenters. The van der Waals surface area contributed by atoms with Crippen molar-refractivity contribution in [3.8, 4) is 0 Å². The van der Waals surface area contributed by atoms with Crippen molar-refractivity contribution in [2.45, 2.75) is 38.8 Å². The highest BCUT2D eigenvalue weighted by Gasteiger charge is 2.23. The van der Waals surface area contributed by atoms with E-state index in [1.54, 1.807) is 11.8 Å². The van der Waals surface area contributed by atoms with Gasteiger partial charge in [0.1, 0.15) is 0 Å². The molecule has 0 aromatic rings. The second-order valence-electron chi connectivity index (χ2n) is 3.14. The fraction of sp³-hybridized carbons (Fsp3) is 0.778. The predicted octanol–water partition coefficient (Wildman–Crippen LogP) is 0.908. The summed E-state index contributed by atoms with van der Waals surface area (Å²) in [6, 6.07) is 0. The number of hydrogen-bond acceptors (Lipinski definition) is 3. The Hall–Kier alpha value is -1.06. The van der Waals surface area contributed by atoms with Gasteiger partial charge in [-0.1, -0.05) is 6.92 Å². The first-order valence-electron chi connectivity index (χ1n) is 4.68. The van der Waals surface area contributed by atoms with E-state index in [4.69, 9.17) is 4.74 Å². The van der Waals surface area contributed by atoms with Crippen LogP contribution in [0.25, 0.3) is 0 Å². The summed E-state index contributed by atoms with van der Waals surface area (Å²) in [6.45, 7) is 2.45. The van der Waals surface area contributed by atoms with Crippen molar-refractivity contribution in [3.05, 3.63) is 0 Å². The third kappa shape index (κ3) is 2.72. The standard InChI is InChI=1S/C9H15NO3/c1-2-9(12)13-8-5-3-4-6-10(8)7-11/h7-8H,2-6H2,1H3. The first kappa shape index (κ1) is 10.0.